The Morgan fingerprint density at radius 2 is 1.90 bits per heavy atom. The summed E-state index contributed by atoms with van der Waals surface area (Å²) in [6.45, 7) is 5.82. The average molecular weight is 267 g/mol. The molecule has 0 bridgehead atoms. The van der Waals surface area contributed by atoms with Crippen molar-refractivity contribution in [3.8, 4) is 0 Å². The Labute approximate surface area is 117 Å². The largest absolute Gasteiger partial charge is 0.512 e. The molecule has 0 fully saturated rings. The van der Waals surface area contributed by atoms with Gasteiger partial charge in [-0.2, -0.15) is 0 Å². The van der Waals surface area contributed by atoms with E-state index in [1.165, 1.54) is 0 Å². The van der Waals surface area contributed by atoms with Gasteiger partial charge in [-0.05, 0) is 11.5 Å². The van der Waals surface area contributed by atoms with E-state index in [0.29, 0.717) is 5.89 Å². The van der Waals surface area contributed by atoms with Gasteiger partial charge in [0.05, 0.1) is 0 Å². The van der Waals surface area contributed by atoms with Gasteiger partial charge in [0.25, 0.3) is 0 Å². The van der Waals surface area contributed by atoms with Crippen molar-refractivity contribution in [3.63, 3.8) is 0 Å². The van der Waals surface area contributed by atoms with E-state index in [-0.39, 0.29) is 11.2 Å². The number of oxazole rings is 1. The van der Waals surface area contributed by atoms with Crippen molar-refractivity contribution >= 4 is 27.9 Å². The van der Waals surface area contributed by atoms with E-state index in [9.17, 15) is 5.11 Å². The second kappa shape index (κ2) is 4.37. The molecule has 0 amide bonds. The molecule has 2 aromatic carbocycles. The molecular formula is C17H17NO2. The van der Waals surface area contributed by atoms with Gasteiger partial charge < -0.3 is 9.52 Å². The zero-order chi connectivity index (χ0) is 14.3. The standard InChI is InChI=1S/C17H17NO2/c1-17(2,3)14(19)10-15-18-16-12-7-5-4-6-11(12)8-9-13(16)20-15/h4-10,19H,1-3H3/b14-10-. The minimum absolute atomic E-state index is 0.258. The molecule has 3 rings (SSSR count). The third-order valence-electron chi connectivity index (χ3n) is 3.33. The summed E-state index contributed by atoms with van der Waals surface area (Å²) in [5.74, 6) is 0.692. The van der Waals surface area contributed by atoms with Crippen LogP contribution in [0.25, 0.3) is 27.9 Å². The molecule has 0 saturated heterocycles. The van der Waals surface area contributed by atoms with Crippen LogP contribution in [0, 0.1) is 5.41 Å². The Bertz CT molecular complexity index is 807. The highest BCUT2D eigenvalue weighted by molar-refractivity contribution is 6.03. The first-order valence-electron chi connectivity index (χ1n) is 6.64. The molecule has 3 aromatic rings. The summed E-state index contributed by atoms with van der Waals surface area (Å²) in [4.78, 5) is 4.49. The normalized spacial score (nSPS) is 13.2. The van der Waals surface area contributed by atoms with Crippen molar-refractivity contribution in [1.29, 1.82) is 0 Å². The minimum Gasteiger partial charge on any atom is -0.512 e. The summed E-state index contributed by atoms with van der Waals surface area (Å²) < 4.78 is 5.69. The molecule has 1 heterocycles. The monoisotopic (exact) mass is 267 g/mol. The van der Waals surface area contributed by atoms with Gasteiger partial charge in [-0.3, -0.25) is 0 Å². The zero-order valence-corrected chi connectivity index (χ0v) is 11.8. The molecule has 3 heteroatoms. The molecule has 1 aromatic heterocycles. The van der Waals surface area contributed by atoms with E-state index in [4.69, 9.17) is 4.42 Å². The molecule has 1 N–H and O–H groups in total. The average Bonchev–Trinajstić information content (AvgIpc) is 2.80. The second-order valence-corrected chi connectivity index (χ2v) is 5.97. The van der Waals surface area contributed by atoms with E-state index >= 15 is 0 Å². The SMILES string of the molecule is CC(C)(C)/C(O)=C/c1nc2c(ccc3ccccc32)o1. The topological polar surface area (TPSA) is 46.3 Å². The number of hydrogen-bond donors (Lipinski definition) is 1. The van der Waals surface area contributed by atoms with Gasteiger partial charge >= 0.3 is 0 Å². The van der Waals surface area contributed by atoms with Crippen molar-refractivity contribution in [2.45, 2.75) is 20.8 Å². The summed E-state index contributed by atoms with van der Waals surface area (Å²) in [5, 5.41) is 12.2. The lowest BCUT2D eigenvalue weighted by molar-refractivity contribution is 0.281. The molecule has 0 radical (unpaired) electrons. The second-order valence-electron chi connectivity index (χ2n) is 5.97. The van der Waals surface area contributed by atoms with Crippen LogP contribution in [0.2, 0.25) is 0 Å². The molecule has 3 nitrogen and oxygen atoms in total. The number of rotatable bonds is 1. The molecule has 0 aliphatic rings. The van der Waals surface area contributed by atoms with Gasteiger partial charge in [0.1, 0.15) is 11.3 Å². The summed E-state index contributed by atoms with van der Waals surface area (Å²) in [6, 6.07) is 12.0. The highest BCUT2D eigenvalue weighted by atomic mass is 16.3. The van der Waals surface area contributed by atoms with Gasteiger partial charge in [-0.1, -0.05) is 51.1 Å². The number of aliphatic hydroxyl groups is 1. The third kappa shape index (κ3) is 2.16. The number of aromatic nitrogens is 1. The van der Waals surface area contributed by atoms with Crippen LogP contribution in [0.5, 0.6) is 0 Å². The molecule has 0 atom stereocenters. The summed E-state index contributed by atoms with van der Waals surface area (Å²) in [6.07, 6.45) is 1.59. The molecule has 102 valence electrons. The van der Waals surface area contributed by atoms with E-state index in [0.717, 1.165) is 21.9 Å². The van der Waals surface area contributed by atoms with E-state index in [1.54, 1.807) is 6.08 Å². The maximum atomic E-state index is 10.0. The molecule has 0 spiro atoms. The van der Waals surface area contributed by atoms with Gasteiger partial charge in [0, 0.05) is 16.9 Å². The van der Waals surface area contributed by atoms with Crippen LogP contribution in [0.3, 0.4) is 0 Å². The molecule has 20 heavy (non-hydrogen) atoms. The van der Waals surface area contributed by atoms with E-state index in [1.807, 2.05) is 57.2 Å². The Morgan fingerprint density at radius 3 is 2.65 bits per heavy atom. The van der Waals surface area contributed by atoms with Crippen molar-refractivity contribution in [2.24, 2.45) is 5.41 Å². The van der Waals surface area contributed by atoms with E-state index < -0.39 is 0 Å². The Kier molecular flexibility index (Phi) is 2.78. The maximum absolute atomic E-state index is 10.0. The predicted molar refractivity (Wildman–Crippen MR) is 81.6 cm³/mol. The predicted octanol–water partition coefficient (Wildman–Crippen LogP) is 4.93. The fourth-order valence-electron chi connectivity index (χ4n) is 2.07. The van der Waals surface area contributed by atoms with Crippen LogP contribution in [0.15, 0.2) is 46.6 Å². The van der Waals surface area contributed by atoms with Crippen molar-refractivity contribution in [2.75, 3.05) is 0 Å². The van der Waals surface area contributed by atoms with Crippen LogP contribution in [0.1, 0.15) is 26.7 Å². The van der Waals surface area contributed by atoms with Gasteiger partial charge in [0.15, 0.2) is 5.58 Å². The zero-order valence-electron chi connectivity index (χ0n) is 11.8. The van der Waals surface area contributed by atoms with Gasteiger partial charge in [-0.25, -0.2) is 4.98 Å². The first-order valence-corrected chi connectivity index (χ1v) is 6.64. The number of allylic oxidation sites excluding steroid dienone is 1. The maximum Gasteiger partial charge on any atom is 0.223 e. The van der Waals surface area contributed by atoms with Gasteiger partial charge in [-0.15, -0.1) is 0 Å². The van der Waals surface area contributed by atoms with Crippen molar-refractivity contribution in [1.82, 2.24) is 4.98 Å². The summed E-state index contributed by atoms with van der Waals surface area (Å²) >= 11 is 0. The van der Waals surface area contributed by atoms with Crippen LogP contribution in [0.4, 0.5) is 0 Å². The van der Waals surface area contributed by atoms with Crippen LogP contribution in [-0.4, -0.2) is 10.1 Å². The number of aliphatic hydroxyl groups excluding tert-OH is 1. The fraction of sp³-hybridized carbons (Fsp3) is 0.235. The molecule has 0 aliphatic heterocycles. The quantitative estimate of drug-likeness (QED) is 0.636. The van der Waals surface area contributed by atoms with Crippen LogP contribution >= 0.6 is 0 Å². The van der Waals surface area contributed by atoms with Crippen molar-refractivity contribution < 1.29 is 9.52 Å². The summed E-state index contributed by atoms with van der Waals surface area (Å²) in [5.41, 5.74) is 1.25. The first-order chi connectivity index (χ1) is 9.45. The molecule has 0 unspecified atom stereocenters. The highest BCUT2D eigenvalue weighted by Gasteiger charge is 2.17. The van der Waals surface area contributed by atoms with E-state index in [2.05, 4.69) is 4.98 Å². The number of fused-ring (bicyclic) bond motifs is 3. The fourth-order valence-corrected chi connectivity index (χ4v) is 2.07. The Morgan fingerprint density at radius 1 is 1.15 bits per heavy atom. The number of nitrogens with zero attached hydrogens (tertiary/aromatic N) is 1. The number of hydrogen-bond acceptors (Lipinski definition) is 3. The Balaban J connectivity index is 2.19. The summed E-state index contributed by atoms with van der Waals surface area (Å²) in [7, 11) is 0. The lowest BCUT2D eigenvalue weighted by Crippen LogP contribution is -2.08. The molecule has 0 aliphatic carbocycles. The van der Waals surface area contributed by atoms with Crippen LogP contribution < -0.4 is 0 Å². The third-order valence-corrected chi connectivity index (χ3v) is 3.33. The minimum atomic E-state index is -0.317. The lowest BCUT2D eigenvalue weighted by Gasteiger charge is -2.16. The smallest absolute Gasteiger partial charge is 0.223 e. The van der Waals surface area contributed by atoms with Crippen LogP contribution in [-0.2, 0) is 0 Å². The molecular weight excluding hydrogens is 250 g/mol. The highest BCUT2D eigenvalue weighted by Crippen LogP contribution is 2.28. The lowest BCUT2D eigenvalue weighted by atomic mass is 9.94. The number of benzene rings is 2. The van der Waals surface area contributed by atoms with Crippen molar-refractivity contribution in [3.05, 3.63) is 48.0 Å². The Hall–Kier alpha value is -2.29. The van der Waals surface area contributed by atoms with Gasteiger partial charge in [0.2, 0.25) is 5.89 Å². The molecule has 0 saturated carbocycles. The first kappa shape index (κ1) is 12.7.